The summed E-state index contributed by atoms with van der Waals surface area (Å²) in [6.45, 7) is 11.2. The second-order valence-electron chi connectivity index (χ2n) is 11.0. The summed E-state index contributed by atoms with van der Waals surface area (Å²) in [6, 6.07) is 9.36. The first-order valence-corrected chi connectivity index (χ1v) is 16.4. The number of nitrogens with zero attached hydrogens (tertiary/aromatic N) is 6. The van der Waals surface area contributed by atoms with Crippen LogP contribution in [0.4, 0.5) is 0 Å². The van der Waals surface area contributed by atoms with E-state index < -0.39 is 8.07 Å². The first kappa shape index (κ1) is 24.6. The Morgan fingerprint density at radius 2 is 2.08 bits per heavy atom. The van der Waals surface area contributed by atoms with Crippen molar-refractivity contribution in [3.63, 3.8) is 0 Å². The maximum absolute atomic E-state index is 9.51. The summed E-state index contributed by atoms with van der Waals surface area (Å²) in [5, 5.41) is 15.0. The van der Waals surface area contributed by atoms with E-state index in [1.165, 1.54) is 0 Å². The molecular weight excluding hydrogens is 468 g/mol. The van der Waals surface area contributed by atoms with Crippen molar-refractivity contribution in [1.82, 2.24) is 24.3 Å². The lowest BCUT2D eigenvalue weighted by atomic mass is 10.0. The lowest BCUT2D eigenvalue weighted by molar-refractivity contribution is 0.00631. The van der Waals surface area contributed by atoms with Crippen LogP contribution in [0.25, 0.3) is 21.9 Å². The van der Waals surface area contributed by atoms with Crippen molar-refractivity contribution >= 4 is 30.0 Å². The summed E-state index contributed by atoms with van der Waals surface area (Å²) in [5.41, 5.74) is 4.50. The summed E-state index contributed by atoms with van der Waals surface area (Å²) in [4.78, 5) is 9.67. The lowest BCUT2D eigenvalue weighted by Crippen LogP contribution is -2.26. The highest BCUT2D eigenvalue weighted by atomic mass is 28.3. The number of imidazole rings is 1. The Kier molecular flexibility index (Phi) is 6.93. The van der Waals surface area contributed by atoms with Gasteiger partial charge in [0.15, 0.2) is 0 Å². The molecule has 4 aromatic rings. The van der Waals surface area contributed by atoms with E-state index in [9.17, 15) is 5.26 Å². The van der Waals surface area contributed by atoms with Gasteiger partial charge in [-0.1, -0.05) is 19.6 Å². The molecule has 0 bridgehead atoms. The Bertz CT molecular complexity index is 1410. The van der Waals surface area contributed by atoms with Crippen molar-refractivity contribution in [3.8, 4) is 6.07 Å². The van der Waals surface area contributed by atoms with E-state index in [1.807, 2.05) is 35.3 Å². The zero-order valence-electron chi connectivity index (χ0n) is 21.6. The van der Waals surface area contributed by atoms with Crippen molar-refractivity contribution < 1.29 is 9.47 Å². The fourth-order valence-electron chi connectivity index (χ4n) is 4.91. The molecule has 2 atom stereocenters. The largest absolute Gasteiger partial charge is 0.378 e. The van der Waals surface area contributed by atoms with Crippen LogP contribution in [-0.2, 0) is 22.6 Å². The van der Waals surface area contributed by atoms with Gasteiger partial charge in [0.05, 0.1) is 41.2 Å². The van der Waals surface area contributed by atoms with Gasteiger partial charge in [-0.05, 0) is 49.6 Å². The van der Waals surface area contributed by atoms with Crippen molar-refractivity contribution in [2.24, 2.45) is 0 Å². The molecule has 1 saturated heterocycles. The Morgan fingerprint density at radius 3 is 2.86 bits per heavy atom. The summed E-state index contributed by atoms with van der Waals surface area (Å²) in [7, 11) is -1.11. The monoisotopic (exact) mass is 502 g/mol. The van der Waals surface area contributed by atoms with Crippen LogP contribution in [-0.4, -0.2) is 51.7 Å². The summed E-state index contributed by atoms with van der Waals surface area (Å²) in [5.74, 6) is 0.986. The summed E-state index contributed by atoms with van der Waals surface area (Å²) >= 11 is 0. The second-order valence-corrected chi connectivity index (χ2v) is 16.6. The van der Waals surface area contributed by atoms with E-state index in [1.54, 1.807) is 0 Å². The molecule has 0 saturated carbocycles. The second kappa shape index (κ2) is 10.1. The highest BCUT2D eigenvalue weighted by molar-refractivity contribution is 6.76. The molecule has 0 unspecified atom stereocenters. The van der Waals surface area contributed by atoms with Gasteiger partial charge in [0, 0.05) is 45.3 Å². The van der Waals surface area contributed by atoms with E-state index in [0.29, 0.717) is 18.7 Å². The normalized spacial score (nSPS) is 18.6. The van der Waals surface area contributed by atoms with Crippen LogP contribution < -0.4 is 0 Å². The van der Waals surface area contributed by atoms with Gasteiger partial charge in [0.2, 0.25) is 0 Å². The quantitative estimate of drug-likeness (QED) is 0.240. The molecule has 36 heavy (non-hydrogen) atoms. The third kappa shape index (κ3) is 5.36. The molecular formula is C27H34N6O2Si. The molecule has 8 nitrogen and oxygen atoms in total. The fourth-order valence-corrected chi connectivity index (χ4v) is 5.67. The predicted octanol–water partition coefficient (Wildman–Crippen LogP) is 5.30. The molecule has 1 aliphatic rings. The number of fused-ring (bicyclic) bond motifs is 3. The van der Waals surface area contributed by atoms with Crippen LogP contribution in [0.15, 0.2) is 36.8 Å². The Hall–Kier alpha value is -3.06. The molecule has 0 aliphatic carbocycles. The number of nitriles is 1. The Labute approximate surface area is 212 Å². The van der Waals surface area contributed by atoms with Crippen molar-refractivity contribution in [1.29, 1.82) is 5.26 Å². The average molecular weight is 503 g/mol. The summed E-state index contributed by atoms with van der Waals surface area (Å²) in [6.07, 6.45) is 8.50. The number of rotatable bonds is 8. The molecule has 0 N–H and O–H groups in total. The van der Waals surface area contributed by atoms with Crippen molar-refractivity contribution in [3.05, 3.63) is 53.7 Å². The number of pyridine rings is 1. The van der Waals surface area contributed by atoms with E-state index >= 15 is 0 Å². The van der Waals surface area contributed by atoms with Crippen LogP contribution in [0.2, 0.25) is 25.7 Å². The van der Waals surface area contributed by atoms with Gasteiger partial charge in [-0.3, -0.25) is 4.98 Å². The third-order valence-electron chi connectivity index (χ3n) is 6.81. The summed E-state index contributed by atoms with van der Waals surface area (Å²) < 4.78 is 16.0. The minimum atomic E-state index is -1.11. The molecule has 4 heterocycles. The van der Waals surface area contributed by atoms with Gasteiger partial charge in [0.25, 0.3) is 0 Å². The Balaban J connectivity index is 1.48. The molecule has 5 rings (SSSR count). The zero-order chi connectivity index (χ0) is 25.3. The Morgan fingerprint density at radius 1 is 1.22 bits per heavy atom. The molecule has 9 heteroatoms. The number of ether oxygens (including phenoxy) is 2. The molecule has 0 amide bonds. The maximum atomic E-state index is 9.51. The minimum Gasteiger partial charge on any atom is -0.378 e. The van der Waals surface area contributed by atoms with Crippen LogP contribution >= 0.6 is 0 Å². The van der Waals surface area contributed by atoms with Crippen LogP contribution in [0.5, 0.6) is 0 Å². The molecule has 0 spiro atoms. The topological polar surface area (TPSA) is 90.8 Å². The first-order valence-electron chi connectivity index (χ1n) is 12.7. The number of aromatic nitrogens is 5. The van der Waals surface area contributed by atoms with E-state index in [0.717, 1.165) is 65.4 Å². The van der Waals surface area contributed by atoms with Crippen molar-refractivity contribution in [2.75, 3.05) is 13.2 Å². The maximum Gasteiger partial charge on any atom is 0.139 e. The fraction of sp³-hybridized carbons (Fsp3) is 0.481. The van der Waals surface area contributed by atoms with E-state index in [2.05, 4.69) is 53.5 Å². The molecule has 0 radical (unpaired) electrons. The molecule has 1 aromatic carbocycles. The SMILES string of the molecule is C[C@@H]1C[C@H](n2c(Cc3cnn(COCC[Si](C)(C)C)c3)nc3cnc4ccc(C#N)cc4c32)CCO1. The van der Waals surface area contributed by atoms with Gasteiger partial charge < -0.3 is 14.0 Å². The molecule has 1 fully saturated rings. The standard InChI is InChI=1S/C27H34N6O2Si/c1-19-11-22(7-8-35-19)33-26(13-21-15-30-32(17-21)18-34-9-10-36(2,3)4)31-25-16-29-24-6-5-20(14-28)12-23(24)27(25)33/h5-6,12,15-17,19,22H,7-11,13,18H2,1-4H3/t19-,22-/m1/s1. The van der Waals surface area contributed by atoms with Gasteiger partial charge in [-0.25, -0.2) is 9.67 Å². The molecule has 188 valence electrons. The smallest absolute Gasteiger partial charge is 0.139 e. The van der Waals surface area contributed by atoms with E-state index in [-0.39, 0.29) is 12.1 Å². The number of hydrogen-bond acceptors (Lipinski definition) is 6. The first-order chi connectivity index (χ1) is 17.3. The van der Waals surface area contributed by atoms with Crippen LogP contribution in [0.1, 0.15) is 42.8 Å². The molecule has 3 aromatic heterocycles. The lowest BCUT2D eigenvalue weighted by Gasteiger charge is -2.30. The van der Waals surface area contributed by atoms with Crippen molar-refractivity contribution in [2.45, 2.75) is 70.7 Å². The number of benzene rings is 1. The number of hydrogen-bond donors (Lipinski definition) is 0. The third-order valence-corrected chi connectivity index (χ3v) is 8.51. The van der Waals surface area contributed by atoms with Gasteiger partial charge >= 0.3 is 0 Å². The van der Waals surface area contributed by atoms with Gasteiger partial charge in [-0.15, -0.1) is 0 Å². The minimum absolute atomic E-state index is 0.188. The predicted molar refractivity (Wildman–Crippen MR) is 143 cm³/mol. The highest BCUT2D eigenvalue weighted by Gasteiger charge is 2.26. The zero-order valence-corrected chi connectivity index (χ0v) is 22.6. The van der Waals surface area contributed by atoms with Crippen LogP contribution in [0.3, 0.4) is 0 Å². The molecule has 1 aliphatic heterocycles. The van der Waals surface area contributed by atoms with Gasteiger partial charge in [-0.2, -0.15) is 10.4 Å². The average Bonchev–Trinajstić information content (AvgIpc) is 3.45. The van der Waals surface area contributed by atoms with E-state index in [4.69, 9.17) is 14.5 Å². The highest BCUT2D eigenvalue weighted by Crippen LogP contribution is 2.34. The van der Waals surface area contributed by atoms with Gasteiger partial charge in [0.1, 0.15) is 18.1 Å². The van der Waals surface area contributed by atoms with Crippen LogP contribution in [0, 0.1) is 11.3 Å².